The van der Waals surface area contributed by atoms with Crippen LogP contribution in [0.2, 0.25) is 0 Å². The molecule has 0 unspecified atom stereocenters. The van der Waals surface area contributed by atoms with Gasteiger partial charge in [0, 0.05) is 13.0 Å². The smallest absolute Gasteiger partial charge is 0.243 e. The number of ether oxygens (including phenoxy) is 1. The average Bonchev–Trinajstić information content (AvgIpc) is 3.02. The third kappa shape index (κ3) is 5.07. The van der Waals surface area contributed by atoms with E-state index in [0.29, 0.717) is 30.3 Å². The van der Waals surface area contributed by atoms with E-state index >= 15 is 0 Å². The number of carbonyl (C=O) groups excluding carboxylic acids is 2. The summed E-state index contributed by atoms with van der Waals surface area (Å²) < 4.78 is 6.25. The van der Waals surface area contributed by atoms with E-state index in [9.17, 15) is 9.59 Å². The molecule has 1 aromatic heterocycles. The number of hydrogen-bond donors (Lipinski definition) is 4. The number of benzene rings is 1. The highest BCUT2D eigenvalue weighted by molar-refractivity contribution is 7.22. The van der Waals surface area contributed by atoms with E-state index < -0.39 is 5.91 Å². The number of thiazole rings is 1. The topological polar surface area (TPSA) is 113 Å². The number of para-hydroxylation sites is 1. The summed E-state index contributed by atoms with van der Waals surface area (Å²) in [6, 6.07) is 5.69. The van der Waals surface area contributed by atoms with Crippen LogP contribution in [0, 0.1) is 0 Å². The number of amides is 2. The van der Waals surface area contributed by atoms with Crippen LogP contribution in [0.25, 0.3) is 10.2 Å². The van der Waals surface area contributed by atoms with Crippen molar-refractivity contribution >= 4 is 38.5 Å². The van der Waals surface area contributed by atoms with Crippen molar-refractivity contribution in [3.63, 3.8) is 0 Å². The maximum Gasteiger partial charge on any atom is 0.243 e. The van der Waals surface area contributed by atoms with E-state index in [2.05, 4.69) is 15.6 Å². The molecule has 4 N–H and O–H groups in total. The highest BCUT2D eigenvalue weighted by Gasteiger charge is 2.09. The van der Waals surface area contributed by atoms with E-state index in [4.69, 9.17) is 9.94 Å². The molecule has 0 spiro atoms. The fraction of sp³-hybridized carbons (Fsp3) is 0.400. The van der Waals surface area contributed by atoms with Crippen LogP contribution in [-0.4, -0.2) is 42.2 Å². The summed E-state index contributed by atoms with van der Waals surface area (Å²) in [5.74, 6) is 0.134. The van der Waals surface area contributed by atoms with Crippen molar-refractivity contribution in [1.82, 2.24) is 15.8 Å². The van der Waals surface area contributed by atoms with Crippen molar-refractivity contribution in [1.29, 1.82) is 0 Å². The van der Waals surface area contributed by atoms with Gasteiger partial charge < -0.3 is 15.4 Å². The van der Waals surface area contributed by atoms with Crippen LogP contribution in [0.5, 0.6) is 5.75 Å². The molecule has 2 rings (SSSR count). The first kappa shape index (κ1) is 18.0. The number of hydrogen-bond acceptors (Lipinski definition) is 7. The van der Waals surface area contributed by atoms with Gasteiger partial charge in [0.2, 0.25) is 11.8 Å². The average molecular weight is 352 g/mol. The zero-order valence-corrected chi connectivity index (χ0v) is 14.1. The standard InChI is InChI=1S/C15H20N4O4S/c1-23-10-5-4-6-11-14(10)18-15(24-11)17-9-13(21)16-8-3-2-7-12(20)19-22/h4-6,22H,2-3,7-9H2,1H3,(H,16,21)(H,17,18)(H,19,20). The predicted octanol–water partition coefficient (Wildman–Crippen LogP) is 1.51. The van der Waals surface area contributed by atoms with Gasteiger partial charge in [-0.25, -0.2) is 10.5 Å². The lowest BCUT2D eigenvalue weighted by Gasteiger charge is -2.05. The Morgan fingerprint density at radius 1 is 1.29 bits per heavy atom. The third-order valence-corrected chi connectivity index (χ3v) is 4.26. The van der Waals surface area contributed by atoms with Crippen LogP contribution in [-0.2, 0) is 9.59 Å². The zero-order chi connectivity index (χ0) is 17.4. The molecular formula is C15H20N4O4S. The second-order valence-corrected chi connectivity index (χ2v) is 6.05. The molecule has 0 aliphatic carbocycles. The second kappa shape index (κ2) is 9.04. The number of unbranched alkanes of at least 4 members (excludes halogenated alkanes) is 1. The number of nitrogens with one attached hydrogen (secondary N) is 3. The van der Waals surface area contributed by atoms with Gasteiger partial charge in [-0.15, -0.1) is 0 Å². The number of methoxy groups -OCH3 is 1. The SMILES string of the molecule is COc1cccc2sc(NCC(=O)NCCCCC(=O)NO)nc12. The van der Waals surface area contributed by atoms with Crippen molar-refractivity contribution in [2.75, 3.05) is 25.5 Å². The molecule has 0 saturated carbocycles. The Hall–Kier alpha value is -2.39. The Kier molecular flexibility index (Phi) is 6.76. The highest BCUT2D eigenvalue weighted by Crippen LogP contribution is 2.31. The molecule has 1 heterocycles. The van der Waals surface area contributed by atoms with Gasteiger partial charge in [0.05, 0.1) is 18.4 Å². The van der Waals surface area contributed by atoms with Crippen molar-refractivity contribution in [2.45, 2.75) is 19.3 Å². The predicted molar refractivity (Wildman–Crippen MR) is 91.5 cm³/mol. The second-order valence-electron chi connectivity index (χ2n) is 5.02. The molecule has 2 aromatic rings. The largest absolute Gasteiger partial charge is 0.494 e. The molecule has 0 saturated heterocycles. The quantitative estimate of drug-likeness (QED) is 0.309. The summed E-state index contributed by atoms with van der Waals surface area (Å²) in [6.07, 6.45) is 1.49. The van der Waals surface area contributed by atoms with Crippen LogP contribution in [0.1, 0.15) is 19.3 Å². The van der Waals surface area contributed by atoms with Gasteiger partial charge in [-0.2, -0.15) is 0 Å². The van der Waals surface area contributed by atoms with E-state index in [-0.39, 0.29) is 18.9 Å². The molecule has 0 aliphatic rings. The van der Waals surface area contributed by atoms with Crippen molar-refractivity contribution in [3.8, 4) is 5.75 Å². The first-order chi connectivity index (χ1) is 11.6. The van der Waals surface area contributed by atoms with Crippen LogP contribution >= 0.6 is 11.3 Å². The maximum absolute atomic E-state index is 11.8. The van der Waals surface area contributed by atoms with Crippen LogP contribution in [0.4, 0.5) is 5.13 Å². The molecule has 0 bridgehead atoms. The monoisotopic (exact) mass is 352 g/mol. The summed E-state index contributed by atoms with van der Waals surface area (Å²) >= 11 is 1.46. The van der Waals surface area contributed by atoms with Crippen LogP contribution in [0.15, 0.2) is 18.2 Å². The Labute approximate surface area is 143 Å². The number of rotatable bonds is 9. The zero-order valence-electron chi connectivity index (χ0n) is 13.3. The van der Waals surface area contributed by atoms with Gasteiger partial charge in [-0.3, -0.25) is 14.8 Å². The Morgan fingerprint density at radius 2 is 2.12 bits per heavy atom. The fourth-order valence-corrected chi connectivity index (χ4v) is 2.96. The molecule has 0 aliphatic heterocycles. The van der Waals surface area contributed by atoms with Gasteiger partial charge in [0.1, 0.15) is 11.3 Å². The van der Waals surface area contributed by atoms with Crippen LogP contribution in [0.3, 0.4) is 0 Å². The lowest BCUT2D eigenvalue weighted by Crippen LogP contribution is -2.30. The molecule has 1 aromatic carbocycles. The summed E-state index contributed by atoms with van der Waals surface area (Å²) in [7, 11) is 1.60. The molecule has 8 nitrogen and oxygen atoms in total. The molecule has 0 radical (unpaired) electrons. The van der Waals surface area contributed by atoms with Crippen molar-refractivity contribution in [2.24, 2.45) is 0 Å². The normalized spacial score (nSPS) is 10.4. The van der Waals surface area contributed by atoms with Gasteiger partial charge in [-0.1, -0.05) is 17.4 Å². The van der Waals surface area contributed by atoms with Gasteiger partial charge in [-0.05, 0) is 25.0 Å². The van der Waals surface area contributed by atoms with E-state index in [1.807, 2.05) is 18.2 Å². The number of hydroxylamine groups is 1. The summed E-state index contributed by atoms with van der Waals surface area (Å²) in [5.41, 5.74) is 2.34. The number of anilines is 1. The summed E-state index contributed by atoms with van der Waals surface area (Å²) in [4.78, 5) is 27.0. The molecule has 130 valence electrons. The number of nitrogens with zero attached hydrogens (tertiary/aromatic N) is 1. The molecule has 2 amide bonds. The number of fused-ring (bicyclic) bond motifs is 1. The van der Waals surface area contributed by atoms with Gasteiger partial charge in [0.15, 0.2) is 5.13 Å². The summed E-state index contributed by atoms with van der Waals surface area (Å²) in [5, 5.41) is 14.8. The minimum Gasteiger partial charge on any atom is -0.494 e. The molecule has 24 heavy (non-hydrogen) atoms. The van der Waals surface area contributed by atoms with E-state index in [0.717, 1.165) is 10.2 Å². The fourth-order valence-electron chi connectivity index (χ4n) is 2.08. The van der Waals surface area contributed by atoms with Crippen molar-refractivity contribution in [3.05, 3.63) is 18.2 Å². The lowest BCUT2D eigenvalue weighted by molar-refractivity contribution is -0.129. The maximum atomic E-state index is 11.8. The van der Waals surface area contributed by atoms with E-state index in [1.165, 1.54) is 11.3 Å². The molecule has 0 fully saturated rings. The minimum atomic E-state index is -0.422. The molecule has 9 heteroatoms. The molecular weight excluding hydrogens is 332 g/mol. The Bertz CT molecular complexity index is 704. The van der Waals surface area contributed by atoms with Crippen LogP contribution < -0.4 is 20.9 Å². The number of aromatic nitrogens is 1. The first-order valence-electron chi connectivity index (χ1n) is 7.51. The third-order valence-electron chi connectivity index (χ3n) is 3.28. The lowest BCUT2D eigenvalue weighted by atomic mass is 10.2. The first-order valence-corrected chi connectivity index (χ1v) is 8.32. The van der Waals surface area contributed by atoms with E-state index in [1.54, 1.807) is 12.6 Å². The van der Waals surface area contributed by atoms with Crippen molar-refractivity contribution < 1.29 is 19.5 Å². The Morgan fingerprint density at radius 3 is 2.88 bits per heavy atom. The van der Waals surface area contributed by atoms with Gasteiger partial charge in [0.25, 0.3) is 0 Å². The number of carbonyl (C=O) groups is 2. The van der Waals surface area contributed by atoms with Gasteiger partial charge >= 0.3 is 0 Å². The molecule has 0 atom stereocenters. The summed E-state index contributed by atoms with van der Waals surface area (Å²) in [6.45, 7) is 0.603. The highest BCUT2D eigenvalue weighted by atomic mass is 32.1. The minimum absolute atomic E-state index is 0.124. The Balaban J connectivity index is 1.73.